The summed E-state index contributed by atoms with van der Waals surface area (Å²) in [5.41, 5.74) is 0.889. The number of fused-ring (bicyclic) bond motifs is 1. The van der Waals surface area contributed by atoms with Gasteiger partial charge in [-0.1, -0.05) is 12.1 Å². The molecular weight excluding hydrogens is 553 g/mol. The van der Waals surface area contributed by atoms with Gasteiger partial charge >= 0.3 is 0 Å². The predicted octanol–water partition coefficient (Wildman–Crippen LogP) is 6.11. The van der Waals surface area contributed by atoms with Crippen LogP contribution < -0.4 is 25.0 Å². The molecule has 0 aliphatic carbocycles. The Labute approximate surface area is 245 Å². The third-order valence-corrected chi connectivity index (χ3v) is 6.68. The van der Waals surface area contributed by atoms with Crippen LogP contribution in [0.15, 0.2) is 78.1 Å². The van der Waals surface area contributed by atoms with Crippen molar-refractivity contribution < 1.29 is 23.4 Å². The highest BCUT2D eigenvalue weighted by Crippen LogP contribution is 2.38. The number of hydrogen-bond acceptors (Lipinski definition) is 8. The van der Waals surface area contributed by atoms with E-state index >= 15 is 0 Å². The third-order valence-electron chi connectivity index (χ3n) is 6.68. The van der Waals surface area contributed by atoms with Gasteiger partial charge in [0.2, 0.25) is 5.43 Å². The minimum absolute atomic E-state index is 0.0514. The maximum atomic E-state index is 13.5. The van der Waals surface area contributed by atoms with Crippen LogP contribution in [0.5, 0.6) is 23.0 Å². The molecule has 5 rings (SSSR count). The number of amides is 1. The fourth-order valence-electron chi connectivity index (χ4n) is 4.39. The summed E-state index contributed by atoms with van der Waals surface area (Å²) in [5.74, 6) is 0.539. The molecule has 0 spiro atoms. The zero-order valence-corrected chi connectivity index (χ0v) is 23.7. The van der Waals surface area contributed by atoms with Crippen molar-refractivity contribution in [2.24, 2.45) is 0 Å². The summed E-state index contributed by atoms with van der Waals surface area (Å²) >= 11 is 0. The van der Waals surface area contributed by atoms with E-state index in [-0.39, 0.29) is 40.0 Å². The molecule has 1 N–H and O–H groups in total. The fourth-order valence-corrected chi connectivity index (χ4v) is 4.39. The number of ether oxygens (including phenoxy) is 3. The molecule has 216 valence electrons. The molecule has 5 aromatic rings. The van der Waals surface area contributed by atoms with Gasteiger partial charge in [0.05, 0.1) is 25.9 Å². The monoisotopic (exact) mass is 579 g/mol. The Morgan fingerprint density at radius 3 is 2.35 bits per heavy atom. The SMILES string of the molecule is COc1cc2ncc(C#N)c(Oc3ccc(NC(=O)c4cn(C(C)C)cc(-c5ccc(F)cc5)c4=O)nc3)c2cc1OC. The van der Waals surface area contributed by atoms with Crippen LogP contribution in [0.4, 0.5) is 10.2 Å². The molecule has 2 aromatic carbocycles. The van der Waals surface area contributed by atoms with Crippen LogP contribution in [0.1, 0.15) is 35.8 Å². The van der Waals surface area contributed by atoms with E-state index in [0.717, 1.165) is 0 Å². The fraction of sp³-hybridized carbons (Fsp3) is 0.156. The van der Waals surface area contributed by atoms with E-state index in [2.05, 4.69) is 21.4 Å². The first-order valence-electron chi connectivity index (χ1n) is 13.1. The second kappa shape index (κ2) is 12.0. The number of methoxy groups -OCH3 is 2. The first-order chi connectivity index (χ1) is 20.7. The van der Waals surface area contributed by atoms with E-state index in [4.69, 9.17) is 14.2 Å². The van der Waals surface area contributed by atoms with Crippen molar-refractivity contribution in [1.29, 1.82) is 5.26 Å². The summed E-state index contributed by atoms with van der Waals surface area (Å²) in [6.45, 7) is 3.83. The lowest BCUT2D eigenvalue weighted by Gasteiger charge is -2.15. The van der Waals surface area contributed by atoms with Gasteiger partial charge in [-0.2, -0.15) is 5.26 Å². The number of aromatic nitrogens is 3. The molecule has 11 heteroatoms. The lowest BCUT2D eigenvalue weighted by molar-refractivity contribution is 0.102. The van der Waals surface area contributed by atoms with Crippen molar-refractivity contribution in [3.05, 3.63) is 100 Å². The molecular formula is C32H26FN5O5. The average Bonchev–Trinajstić information content (AvgIpc) is 3.01. The molecule has 0 saturated carbocycles. The molecule has 10 nitrogen and oxygen atoms in total. The summed E-state index contributed by atoms with van der Waals surface area (Å²) < 4.78 is 32.0. The topological polar surface area (TPSA) is 128 Å². The van der Waals surface area contributed by atoms with E-state index < -0.39 is 17.2 Å². The number of nitriles is 1. The van der Waals surface area contributed by atoms with E-state index in [0.29, 0.717) is 28.0 Å². The van der Waals surface area contributed by atoms with Gasteiger partial charge < -0.3 is 24.1 Å². The Bertz CT molecular complexity index is 1930. The standard InChI is InChI=1S/C32H26FN5O5/c1-18(2)38-16-24(19-5-7-21(33)8-6-19)30(39)25(17-38)32(40)37-29-10-9-22(15-36-29)43-31-20(13-34)14-35-26-12-28(42-4)27(41-3)11-23(26)31/h5-12,14-18H,1-4H3,(H,36,37,40). The molecule has 0 aliphatic heterocycles. The van der Waals surface area contributed by atoms with Gasteiger partial charge in [-0.25, -0.2) is 9.37 Å². The molecule has 0 radical (unpaired) electrons. The van der Waals surface area contributed by atoms with Crippen LogP contribution in [0.3, 0.4) is 0 Å². The third kappa shape index (κ3) is 5.85. The van der Waals surface area contributed by atoms with Crippen molar-refractivity contribution in [1.82, 2.24) is 14.5 Å². The maximum absolute atomic E-state index is 13.5. The number of benzene rings is 2. The summed E-state index contributed by atoms with van der Waals surface area (Å²) in [7, 11) is 3.01. The molecule has 0 bridgehead atoms. The Kier molecular flexibility index (Phi) is 8.03. The minimum atomic E-state index is -0.655. The second-order valence-corrected chi connectivity index (χ2v) is 9.73. The number of pyridine rings is 3. The van der Waals surface area contributed by atoms with Crippen LogP contribution in [0.2, 0.25) is 0 Å². The number of carbonyl (C=O) groups excluding carboxylic acids is 1. The van der Waals surface area contributed by atoms with Crippen LogP contribution >= 0.6 is 0 Å². The van der Waals surface area contributed by atoms with Gasteiger partial charge in [0.1, 0.15) is 34.6 Å². The van der Waals surface area contributed by atoms with Gasteiger partial charge in [0.25, 0.3) is 5.91 Å². The van der Waals surface area contributed by atoms with Crippen molar-refractivity contribution in [3.8, 4) is 40.2 Å². The first-order valence-corrected chi connectivity index (χ1v) is 13.1. The summed E-state index contributed by atoms with van der Waals surface area (Å²) in [6.07, 6.45) is 5.90. The van der Waals surface area contributed by atoms with Crippen molar-refractivity contribution >= 4 is 22.6 Å². The first kappa shape index (κ1) is 28.8. The van der Waals surface area contributed by atoms with Crippen molar-refractivity contribution in [3.63, 3.8) is 0 Å². The molecule has 0 fully saturated rings. The zero-order chi connectivity index (χ0) is 30.7. The molecule has 3 aromatic heterocycles. The number of hydrogen-bond donors (Lipinski definition) is 1. The Hall–Kier alpha value is -5.76. The van der Waals surface area contributed by atoms with Gasteiger partial charge in [-0.3, -0.25) is 14.6 Å². The van der Waals surface area contributed by atoms with Crippen LogP contribution in [0, 0.1) is 17.1 Å². The Morgan fingerprint density at radius 2 is 1.72 bits per heavy atom. The summed E-state index contributed by atoms with van der Waals surface area (Å²) in [6, 6.07) is 14.0. The van der Waals surface area contributed by atoms with Gasteiger partial charge in [-0.05, 0) is 49.7 Å². The van der Waals surface area contributed by atoms with E-state index in [1.54, 1.807) is 29.0 Å². The molecule has 43 heavy (non-hydrogen) atoms. The average molecular weight is 580 g/mol. The predicted molar refractivity (Wildman–Crippen MR) is 158 cm³/mol. The Morgan fingerprint density at radius 1 is 1.00 bits per heavy atom. The quantitative estimate of drug-likeness (QED) is 0.233. The zero-order valence-electron chi connectivity index (χ0n) is 23.7. The van der Waals surface area contributed by atoms with E-state index in [9.17, 15) is 19.2 Å². The highest BCUT2D eigenvalue weighted by molar-refractivity contribution is 6.04. The lowest BCUT2D eigenvalue weighted by atomic mass is 10.0. The molecule has 0 aliphatic rings. The smallest absolute Gasteiger partial charge is 0.262 e. The number of halogens is 1. The highest BCUT2D eigenvalue weighted by Gasteiger charge is 2.19. The van der Waals surface area contributed by atoms with Crippen molar-refractivity contribution in [2.45, 2.75) is 19.9 Å². The van der Waals surface area contributed by atoms with Crippen LogP contribution in [-0.4, -0.2) is 34.7 Å². The van der Waals surface area contributed by atoms with Crippen molar-refractivity contribution in [2.75, 3.05) is 19.5 Å². The van der Waals surface area contributed by atoms with E-state index in [1.807, 2.05) is 13.8 Å². The van der Waals surface area contributed by atoms with Gasteiger partial charge in [0.15, 0.2) is 17.2 Å². The second-order valence-electron chi connectivity index (χ2n) is 9.73. The van der Waals surface area contributed by atoms with Gasteiger partial charge in [-0.15, -0.1) is 0 Å². The minimum Gasteiger partial charge on any atom is -0.493 e. The van der Waals surface area contributed by atoms with E-state index in [1.165, 1.54) is 63.1 Å². The normalized spacial score (nSPS) is 10.8. The molecule has 0 unspecified atom stereocenters. The summed E-state index contributed by atoms with van der Waals surface area (Å²) in [5, 5.41) is 12.9. The Balaban J connectivity index is 1.43. The molecule has 0 atom stereocenters. The number of nitrogens with zero attached hydrogens (tertiary/aromatic N) is 4. The number of carbonyl (C=O) groups is 1. The molecule has 3 heterocycles. The molecule has 0 saturated heterocycles. The highest BCUT2D eigenvalue weighted by atomic mass is 19.1. The van der Waals surface area contributed by atoms with Gasteiger partial charge in [0, 0.05) is 41.6 Å². The van der Waals surface area contributed by atoms with Crippen LogP contribution in [0.25, 0.3) is 22.0 Å². The number of anilines is 1. The largest absolute Gasteiger partial charge is 0.493 e. The lowest BCUT2D eigenvalue weighted by Crippen LogP contribution is -2.25. The number of rotatable bonds is 8. The summed E-state index contributed by atoms with van der Waals surface area (Å²) in [4.78, 5) is 35.1. The molecule has 1 amide bonds. The maximum Gasteiger partial charge on any atom is 0.262 e. The number of nitrogens with one attached hydrogen (secondary N) is 1. The van der Waals surface area contributed by atoms with Crippen LogP contribution in [-0.2, 0) is 0 Å².